The summed E-state index contributed by atoms with van der Waals surface area (Å²) in [5, 5.41) is 3.02. The number of nitrogen functional groups attached to an aromatic ring is 1. The van der Waals surface area contributed by atoms with Crippen LogP contribution < -0.4 is 11.1 Å². The van der Waals surface area contributed by atoms with Gasteiger partial charge in [-0.2, -0.15) is 0 Å². The minimum absolute atomic E-state index is 0.0899. The van der Waals surface area contributed by atoms with E-state index in [2.05, 4.69) is 47.2 Å². The van der Waals surface area contributed by atoms with Crippen LogP contribution in [0.3, 0.4) is 0 Å². The van der Waals surface area contributed by atoms with Crippen LogP contribution in [0.25, 0.3) is 0 Å². The van der Waals surface area contributed by atoms with E-state index in [1.807, 2.05) is 25.1 Å². The van der Waals surface area contributed by atoms with E-state index in [0.717, 1.165) is 10.0 Å². The van der Waals surface area contributed by atoms with Crippen LogP contribution in [0.1, 0.15) is 35.3 Å². The predicted octanol–water partition coefficient (Wildman–Crippen LogP) is 4.05. The molecule has 2 aromatic carbocycles. The Kier molecular flexibility index (Phi) is 4.91. The van der Waals surface area contributed by atoms with Crippen LogP contribution in [-0.4, -0.2) is 12.5 Å². The van der Waals surface area contributed by atoms with Gasteiger partial charge in [0.05, 0.1) is 0 Å². The van der Waals surface area contributed by atoms with Gasteiger partial charge in [0.25, 0.3) is 5.91 Å². The minimum Gasteiger partial charge on any atom is -0.399 e. The summed E-state index contributed by atoms with van der Waals surface area (Å²) < 4.78 is 1.04. The molecule has 0 radical (unpaired) electrons. The van der Waals surface area contributed by atoms with Gasteiger partial charge in [-0.25, -0.2) is 0 Å². The summed E-state index contributed by atoms with van der Waals surface area (Å²) in [5.41, 5.74) is 8.94. The number of benzene rings is 2. The van der Waals surface area contributed by atoms with Crippen molar-refractivity contribution in [2.24, 2.45) is 0 Å². The number of hydrogen-bond acceptors (Lipinski definition) is 2. The van der Waals surface area contributed by atoms with Gasteiger partial charge in [0.15, 0.2) is 0 Å². The molecule has 4 heteroatoms. The summed E-state index contributed by atoms with van der Waals surface area (Å²) in [7, 11) is 0. The average Bonchev–Trinajstić information content (AvgIpc) is 2.47. The lowest BCUT2D eigenvalue weighted by Gasteiger charge is -2.26. The Labute approximate surface area is 140 Å². The van der Waals surface area contributed by atoms with E-state index in [4.69, 9.17) is 5.73 Å². The van der Waals surface area contributed by atoms with Gasteiger partial charge in [0.2, 0.25) is 0 Å². The molecular formula is C18H21BrN2O. The Balaban J connectivity index is 2.11. The number of anilines is 1. The summed E-state index contributed by atoms with van der Waals surface area (Å²) in [6.07, 6.45) is 0. The van der Waals surface area contributed by atoms with Gasteiger partial charge in [0.1, 0.15) is 0 Å². The number of halogens is 1. The lowest BCUT2D eigenvalue weighted by Crippen LogP contribution is -2.37. The maximum absolute atomic E-state index is 12.4. The van der Waals surface area contributed by atoms with Gasteiger partial charge >= 0.3 is 0 Å². The molecule has 0 aliphatic heterocycles. The lowest BCUT2D eigenvalue weighted by atomic mass is 9.84. The third-order valence-electron chi connectivity index (χ3n) is 3.80. The second-order valence-corrected chi connectivity index (χ2v) is 7.07. The van der Waals surface area contributed by atoms with Crippen LogP contribution in [0.5, 0.6) is 0 Å². The highest BCUT2D eigenvalue weighted by Gasteiger charge is 2.22. The van der Waals surface area contributed by atoms with Crippen LogP contribution in [0.4, 0.5) is 5.69 Å². The normalized spacial score (nSPS) is 11.3. The maximum Gasteiger partial charge on any atom is 0.251 e. The number of carbonyl (C=O) groups excluding carboxylic acids is 1. The molecule has 0 aliphatic rings. The van der Waals surface area contributed by atoms with Crippen molar-refractivity contribution in [1.29, 1.82) is 0 Å². The molecule has 3 N–H and O–H groups in total. The molecule has 0 fully saturated rings. The fraction of sp³-hybridized carbons (Fsp3) is 0.278. The largest absolute Gasteiger partial charge is 0.399 e. The highest BCUT2D eigenvalue weighted by molar-refractivity contribution is 9.10. The molecule has 0 saturated carbocycles. The number of amides is 1. The smallest absolute Gasteiger partial charge is 0.251 e. The van der Waals surface area contributed by atoms with Crippen molar-refractivity contribution in [3.63, 3.8) is 0 Å². The van der Waals surface area contributed by atoms with Crippen molar-refractivity contribution >= 4 is 27.5 Å². The quantitative estimate of drug-likeness (QED) is 0.808. The van der Waals surface area contributed by atoms with E-state index in [1.165, 1.54) is 5.56 Å². The van der Waals surface area contributed by atoms with Crippen LogP contribution in [0.2, 0.25) is 0 Å². The van der Waals surface area contributed by atoms with Gasteiger partial charge in [-0.3, -0.25) is 4.79 Å². The highest BCUT2D eigenvalue weighted by Crippen LogP contribution is 2.25. The van der Waals surface area contributed by atoms with Crippen molar-refractivity contribution < 1.29 is 4.79 Å². The molecule has 3 nitrogen and oxygen atoms in total. The van der Waals surface area contributed by atoms with Crippen LogP contribution in [-0.2, 0) is 5.41 Å². The topological polar surface area (TPSA) is 55.1 Å². The first-order valence-electron chi connectivity index (χ1n) is 7.20. The molecule has 0 unspecified atom stereocenters. The van der Waals surface area contributed by atoms with E-state index in [1.54, 1.807) is 12.1 Å². The number of nitrogens with two attached hydrogens (primary N) is 1. The Bertz CT molecular complexity index is 695. The van der Waals surface area contributed by atoms with Gasteiger partial charge < -0.3 is 11.1 Å². The molecule has 0 bridgehead atoms. The van der Waals surface area contributed by atoms with Crippen molar-refractivity contribution in [2.75, 3.05) is 12.3 Å². The number of hydrogen-bond donors (Lipinski definition) is 2. The van der Waals surface area contributed by atoms with Crippen molar-refractivity contribution in [1.82, 2.24) is 5.32 Å². The second-order valence-electron chi connectivity index (χ2n) is 6.15. The first kappa shape index (κ1) is 16.6. The number of carbonyl (C=O) groups is 1. The summed E-state index contributed by atoms with van der Waals surface area (Å²) in [6.45, 7) is 6.69. The molecule has 1 amide bonds. The van der Waals surface area contributed by atoms with Gasteiger partial charge in [-0.05, 0) is 42.3 Å². The summed E-state index contributed by atoms with van der Waals surface area (Å²) in [4.78, 5) is 12.4. The van der Waals surface area contributed by atoms with E-state index >= 15 is 0 Å². The second kappa shape index (κ2) is 6.53. The first-order chi connectivity index (χ1) is 10.3. The summed E-state index contributed by atoms with van der Waals surface area (Å²) >= 11 is 3.49. The Hall–Kier alpha value is -1.81. The Morgan fingerprint density at radius 2 is 1.95 bits per heavy atom. The predicted molar refractivity (Wildman–Crippen MR) is 95.1 cm³/mol. The fourth-order valence-corrected chi connectivity index (χ4v) is 2.69. The minimum atomic E-state index is -0.159. The van der Waals surface area contributed by atoms with Crippen molar-refractivity contribution in [3.05, 3.63) is 63.6 Å². The molecule has 116 valence electrons. The Morgan fingerprint density at radius 3 is 2.64 bits per heavy atom. The van der Waals surface area contributed by atoms with Crippen molar-refractivity contribution in [2.45, 2.75) is 26.2 Å². The van der Waals surface area contributed by atoms with Gasteiger partial charge in [-0.1, -0.05) is 48.0 Å². The molecule has 0 spiro atoms. The molecule has 0 saturated heterocycles. The molecule has 0 aromatic heterocycles. The number of aryl methyl sites for hydroxylation is 1. The third-order valence-corrected chi connectivity index (χ3v) is 4.30. The lowest BCUT2D eigenvalue weighted by molar-refractivity contribution is 0.0945. The zero-order valence-corrected chi connectivity index (χ0v) is 14.7. The van der Waals surface area contributed by atoms with Crippen LogP contribution in [0, 0.1) is 6.92 Å². The van der Waals surface area contributed by atoms with E-state index in [0.29, 0.717) is 17.8 Å². The average molecular weight is 361 g/mol. The van der Waals surface area contributed by atoms with E-state index in [9.17, 15) is 4.79 Å². The van der Waals surface area contributed by atoms with Crippen molar-refractivity contribution in [3.8, 4) is 0 Å². The first-order valence-corrected chi connectivity index (χ1v) is 7.99. The molecule has 2 aromatic rings. The summed E-state index contributed by atoms with van der Waals surface area (Å²) in [6, 6.07) is 13.5. The SMILES string of the molecule is Cc1ccc(N)cc1C(=O)NCC(C)(C)c1cccc(Br)c1. The molecule has 0 aliphatic carbocycles. The monoisotopic (exact) mass is 360 g/mol. The zero-order valence-electron chi connectivity index (χ0n) is 13.1. The Morgan fingerprint density at radius 1 is 1.23 bits per heavy atom. The fourth-order valence-electron chi connectivity index (χ4n) is 2.29. The van der Waals surface area contributed by atoms with Crippen LogP contribution >= 0.6 is 15.9 Å². The third kappa shape index (κ3) is 3.89. The molecule has 0 atom stereocenters. The maximum atomic E-state index is 12.4. The highest BCUT2D eigenvalue weighted by atomic mass is 79.9. The standard InChI is InChI=1S/C18H21BrN2O/c1-12-7-8-15(20)10-16(12)17(22)21-11-18(2,3)13-5-4-6-14(19)9-13/h4-10H,11,20H2,1-3H3,(H,21,22). The molecule has 2 rings (SSSR count). The zero-order chi connectivity index (χ0) is 16.3. The number of rotatable bonds is 4. The van der Waals surface area contributed by atoms with E-state index in [-0.39, 0.29) is 11.3 Å². The van der Waals surface area contributed by atoms with Gasteiger partial charge in [-0.15, -0.1) is 0 Å². The number of nitrogens with one attached hydrogen (secondary N) is 1. The van der Waals surface area contributed by atoms with Crippen LogP contribution in [0.15, 0.2) is 46.9 Å². The van der Waals surface area contributed by atoms with E-state index < -0.39 is 0 Å². The molecular weight excluding hydrogens is 340 g/mol. The summed E-state index contributed by atoms with van der Waals surface area (Å²) in [5.74, 6) is -0.0899. The molecule has 0 heterocycles. The molecule has 22 heavy (non-hydrogen) atoms. The van der Waals surface area contributed by atoms with Gasteiger partial charge in [0, 0.05) is 27.7 Å².